The van der Waals surface area contributed by atoms with Crippen LogP contribution in [0.4, 0.5) is 5.69 Å². The molecule has 1 aromatic carbocycles. The van der Waals surface area contributed by atoms with Crippen molar-refractivity contribution in [2.75, 3.05) is 31.2 Å². The molecule has 0 amide bonds. The standard InChI is InChI=1S/C13H19BrN2O/c1-10(15)12-4-3-11(9-13(12)14)16-5-2-7-17-8-6-16/h3-4,9-10H,2,5-8,15H2,1H3/t10-/m1/s1. The van der Waals surface area contributed by atoms with Gasteiger partial charge in [0.2, 0.25) is 0 Å². The molecule has 0 spiro atoms. The van der Waals surface area contributed by atoms with Gasteiger partial charge in [-0.05, 0) is 31.0 Å². The Morgan fingerprint density at radius 2 is 2.18 bits per heavy atom. The van der Waals surface area contributed by atoms with E-state index >= 15 is 0 Å². The van der Waals surface area contributed by atoms with Crippen molar-refractivity contribution >= 4 is 21.6 Å². The van der Waals surface area contributed by atoms with Crippen LogP contribution in [0.1, 0.15) is 24.9 Å². The highest BCUT2D eigenvalue weighted by molar-refractivity contribution is 9.10. The van der Waals surface area contributed by atoms with Gasteiger partial charge in [-0.15, -0.1) is 0 Å². The molecule has 0 aliphatic carbocycles. The van der Waals surface area contributed by atoms with E-state index < -0.39 is 0 Å². The Morgan fingerprint density at radius 3 is 2.88 bits per heavy atom. The number of rotatable bonds is 2. The third kappa shape index (κ3) is 3.21. The van der Waals surface area contributed by atoms with Crippen LogP contribution in [0.3, 0.4) is 0 Å². The van der Waals surface area contributed by atoms with Crippen LogP contribution < -0.4 is 10.6 Å². The highest BCUT2D eigenvalue weighted by atomic mass is 79.9. The maximum atomic E-state index is 5.90. The summed E-state index contributed by atoms with van der Waals surface area (Å²) in [5.41, 5.74) is 8.30. The summed E-state index contributed by atoms with van der Waals surface area (Å²) in [5.74, 6) is 0. The van der Waals surface area contributed by atoms with Gasteiger partial charge in [-0.25, -0.2) is 0 Å². The highest BCUT2D eigenvalue weighted by Crippen LogP contribution is 2.27. The molecule has 94 valence electrons. The van der Waals surface area contributed by atoms with E-state index in [2.05, 4.69) is 39.0 Å². The molecular weight excluding hydrogens is 280 g/mol. The van der Waals surface area contributed by atoms with E-state index in [9.17, 15) is 0 Å². The van der Waals surface area contributed by atoms with Crippen LogP contribution in [0, 0.1) is 0 Å². The molecule has 0 radical (unpaired) electrons. The molecule has 1 aliphatic rings. The molecule has 0 saturated carbocycles. The SMILES string of the molecule is C[C@@H](N)c1ccc(N2CCCOCC2)cc1Br. The molecule has 0 aromatic heterocycles. The van der Waals surface area contributed by atoms with E-state index in [1.807, 2.05) is 6.92 Å². The molecule has 1 saturated heterocycles. The molecule has 0 unspecified atom stereocenters. The molecule has 2 rings (SSSR count). The maximum Gasteiger partial charge on any atom is 0.0641 e. The van der Waals surface area contributed by atoms with E-state index in [4.69, 9.17) is 10.5 Å². The lowest BCUT2D eigenvalue weighted by Gasteiger charge is -2.23. The number of benzene rings is 1. The van der Waals surface area contributed by atoms with Gasteiger partial charge in [0.15, 0.2) is 0 Å². The number of nitrogens with two attached hydrogens (primary N) is 1. The lowest BCUT2D eigenvalue weighted by molar-refractivity contribution is 0.152. The summed E-state index contributed by atoms with van der Waals surface area (Å²) >= 11 is 3.60. The summed E-state index contributed by atoms with van der Waals surface area (Å²) in [6.45, 7) is 5.70. The zero-order valence-electron chi connectivity index (χ0n) is 10.2. The number of anilines is 1. The van der Waals surface area contributed by atoms with Gasteiger partial charge in [-0.2, -0.15) is 0 Å². The monoisotopic (exact) mass is 298 g/mol. The summed E-state index contributed by atoms with van der Waals surface area (Å²) < 4.78 is 6.56. The number of halogens is 1. The second kappa shape index (κ2) is 5.85. The van der Waals surface area contributed by atoms with Crippen LogP contribution in [0.15, 0.2) is 22.7 Å². The Bertz CT molecular complexity index is 374. The van der Waals surface area contributed by atoms with E-state index in [1.54, 1.807) is 0 Å². The summed E-state index contributed by atoms with van der Waals surface area (Å²) in [7, 11) is 0. The first-order valence-corrected chi connectivity index (χ1v) is 6.85. The molecule has 1 aliphatic heterocycles. The third-order valence-corrected chi connectivity index (χ3v) is 3.75. The van der Waals surface area contributed by atoms with Crippen molar-refractivity contribution in [3.63, 3.8) is 0 Å². The van der Waals surface area contributed by atoms with Crippen LogP contribution in [0.2, 0.25) is 0 Å². The van der Waals surface area contributed by atoms with Crippen molar-refractivity contribution in [1.29, 1.82) is 0 Å². The lowest BCUT2D eigenvalue weighted by Crippen LogP contribution is -2.25. The first kappa shape index (κ1) is 12.9. The molecule has 1 fully saturated rings. The zero-order valence-corrected chi connectivity index (χ0v) is 11.7. The second-order valence-corrected chi connectivity index (χ2v) is 5.30. The molecular formula is C13H19BrN2O. The smallest absolute Gasteiger partial charge is 0.0641 e. The van der Waals surface area contributed by atoms with Crippen LogP contribution in [-0.4, -0.2) is 26.3 Å². The van der Waals surface area contributed by atoms with E-state index in [0.717, 1.165) is 42.8 Å². The predicted molar refractivity (Wildman–Crippen MR) is 74.4 cm³/mol. The van der Waals surface area contributed by atoms with Crippen molar-refractivity contribution in [3.05, 3.63) is 28.2 Å². The van der Waals surface area contributed by atoms with E-state index in [1.165, 1.54) is 5.69 Å². The molecule has 1 heterocycles. The molecule has 4 heteroatoms. The molecule has 17 heavy (non-hydrogen) atoms. The summed E-state index contributed by atoms with van der Waals surface area (Å²) in [5, 5.41) is 0. The maximum absolute atomic E-state index is 5.90. The third-order valence-electron chi connectivity index (χ3n) is 3.06. The molecule has 1 aromatic rings. The summed E-state index contributed by atoms with van der Waals surface area (Å²) in [6.07, 6.45) is 1.09. The van der Waals surface area contributed by atoms with Gasteiger partial charge in [0.25, 0.3) is 0 Å². The first-order chi connectivity index (χ1) is 8.18. The van der Waals surface area contributed by atoms with Gasteiger partial charge < -0.3 is 15.4 Å². The Balaban J connectivity index is 2.18. The minimum Gasteiger partial charge on any atom is -0.380 e. The predicted octanol–water partition coefficient (Wildman–Crippen LogP) is 2.70. The molecule has 1 atom stereocenters. The minimum absolute atomic E-state index is 0.0610. The average molecular weight is 299 g/mol. The van der Waals surface area contributed by atoms with Crippen LogP contribution >= 0.6 is 15.9 Å². The van der Waals surface area contributed by atoms with E-state index in [0.29, 0.717) is 0 Å². The van der Waals surface area contributed by atoms with Gasteiger partial charge in [-0.1, -0.05) is 22.0 Å². The lowest BCUT2D eigenvalue weighted by atomic mass is 10.1. The Kier molecular flexibility index (Phi) is 4.42. The zero-order chi connectivity index (χ0) is 12.3. The van der Waals surface area contributed by atoms with Crippen LogP contribution in [-0.2, 0) is 4.74 Å². The number of ether oxygens (including phenoxy) is 1. The Hall–Kier alpha value is -0.580. The fourth-order valence-electron chi connectivity index (χ4n) is 2.09. The highest BCUT2D eigenvalue weighted by Gasteiger charge is 2.12. The number of nitrogens with zero attached hydrogens (tertiary/aromatic N) is 1. The largest absolute Gasteiger partial charge is 0.380 e. The van der Waals surface area contributed by atoms with E-state index in [-0.39, 0.29) is 6.04 Å². The van der Waals surface area contributed by atoms with Gasteiger partial charge >= 0.3 is 0 Å². The van der Waals surface area contributed by atoms with Crippen molar-refractivity contribution in [2.45, 2.75) is 19.4 Å². The quantitative estimate of drug-likeness (QED) is 0.912. The Morgan fingerprint density at radius 1 is 1.35 bits per heavy atom. The van der Waals surface area contributed by atoms with Crippen molar-refractivity contribution in [3.8, 4) is 0 Å². The van der Waals surface area contributed by atoms with Crippen molar-refractivity contribution in [1.82, 2.24) is 0 Å². The van der Waals surface area contributed by atoms with Crippen molar-refractivity contribution < 1.29 is 4.74 Å². The van der Waals surface area contributed by atoms with Gasteiger partial charge in [0.1, 0.15) is 0 Å². The van der Waals surface area contributed by atoms with Gasteiger partial charge in [0, 0.05) is 35.9 Å². The first-order valence-electron chi connectivity index (χ1n) is 6.06. The normalized spacial score (nSPS) is 18.9. The molecule has 0 bridgehead atoms. The fourth-order valence-corrected chi connectivity index (χ4v) is 2.81. The number of hydrogen-bond donors (Lipinski definition) is 1. The van der Waals surface area contributed by atoms with Crippen LogP contribution in [0.5, 0.6) is 0 Å². The summed E-state index contributed by atoms with van der Waals surface area (Å²) in [4.78, 5) is 2.36. The molecule has 3 nitrogen and oxygen atoms in total. The van der Waals surface area contributed by atoms with Gasteiger partial charge in [-0.3, -0.25) is 0 Å². The fraction of sp³-hybridized carbons (Fsp3) is 0.538. The average Bonchev–Trinajstić information content (AvgIpc) is 2.56. The molecule has 2 N–H and O–H groups in total. The van der Waals surface area contributed by atoms with Gasteiger partial charge in [0.05, 0.1) is 6.61 Å². The van der Waals surface area contributed by atoms with Crippen molar-refractivity contribution in [2.24, 2.45) is 5.73 Å². The minimum atomic E-state index is 0.0610. The summed E-state index contributed by atoms with van der Waals surface area (Å²) in [6, 6.07) is 6.47. The van der Waals surface area contributed by atoms with Crippen LogP contribution in [0.25, 0.3) is 0 Å². The number of hydrogen-bond acceptors (Lipinski definition) is 3. The second-order valence-electron chi connectivity index (χ2n) is 4.45. The Labute approximate surface area is 111 Å². The topological polar surface area (TPSA) is 38.5 Å².